The number of halogens is 1. The highest BCUT2D eigenvalue weighted by Crippen LogP contribution is 2.26. The van der Waals surface area contributed by atoms with Crippen LogP contribution in [0.5, 0.6) is 5.75 Å². The van der Waals surface area contributed by atoms with Crippen LogP contribution >= 0.6 is 11.6 Å². The first-order chi connectivity index (χ1) is 9.60. The Bertz CT molecular complexity index is 612. The minimum Gasteiger partial charge on any atom is -0.496 e. The van der Waals surface area contributed by atoms with Crippen LogP contribution in [0.4, 0.5) is 5.69 Å². The summed E-state index contributed by atoms with van der Waals surface area (Å²) in [6.45, 7) is 0.544. The number of hydrogen-bond acceptors (Lipinski definition) is 4. The SMILES string of the molecule is COc1cccc(Cl)c1CNc1cnn(CC(N)=O)c1. The lowest BCUT2D eigenvalue weighted by atomic mass is 10.2. The number of ether oxygens (including phenoxy) is 1. The Morgan fingerprint density at radius 2 is 2.35 bits per heavy atom. The number of nitrogens with one attached hydrogen (secondary N) is 1. The lowest BCUT2D eigenvalue weighted by molar-refractivity contribution is -0.118. The van der Waals surface area contributed by atoms with Gasteiger partial charge in [0.15, 0.2) is 0 Å². The second kappa shape index (κ2) is 6.29. The molecule has 6 nitrogen and oxygen atoms in total. The summed E-state index contributed by atoms with van der Waals surface area (Å²) in [7, 11) is 1.60. The molecule has 2 aromatic rings. The molecule has 106 valence electrons. The summed E-state index contributed by atoms with van der Waals surface area (Å²) in [4.78, 5) is 10.8. The van der Waals surface area contributed by atoms with Gasteiger partial charge in [-0.3, -0.25) is 9.48 Å². The van der Waals surface area contributed by atoms with Gasteiger partial charge in [0, 0.05) is 23.3 Å². The van der Waals surface area contributed by atoms with Crippen molar-refractivity contribution in [2.24, 2.45) is 5.73 Å². The van der Waals surface area contributed by atoms with E-state index in [0.717, 1.165) is 17.0 Å². The molecule has 1 aromatic carbocycles. The fourth-order valence-electron chi connectivity index (χ4n) is 1.79. The largest absolute Gasteiger partial charge is 0.496 e. The van der Waals surface area contributed by atoms with Crippen LogP contribution in [-0.2, 0) is 17.9 Å². The Labute approximate surface area is 121 Å². The monoisotopic (exact) mass is 294 g/mol. The van der Waals surface area contributed by atoms with E-state index in [-0.39, 0.29) is 6.54 Å². The van der Waals surface area contributed by atoms with E-state index in [1.165, 1.54) is 4.68 Å². The van der Waals surface area contributed by atoms with Gasteiger partial charge in [0.2, 0.25) is 5.91 Å². The molecule has 0 spiro atoms. The molecule has 7 heteroatoms. The summed E-state index contributed by atoms with van der Waals surface area (Å²) in [5.74, 6) is 0.280. The lowest BCUT2D eigenvalue weighted by Gasteiger charge is -2.11. The fraction of sp³-hybridized carbons (Fsp3) is 0.231. The van der Waals surface area contributed by atoms with Crippen molar-refractivity contribution in [3.8, 4) is 5.75 Å². The zero-order valence-electron chi connectivity index (χ0n) is 11.0. The van der Waals surface area contributed by atoms with Gasteiger partial charge < -0.3 is 15.8 Å². The van der Waals surface area contributed by atoms with E-state index in [1.54, 1.807) is 25.6 Å². The Morgan fingerprint density at radius 1 is 1.55 bits per heavy atom. The van der Waals surface area contributed by atoms with Gasteiger partial charge in [-0.25, -0.2) is 0 Å². The quantitative estimate of drug-likeness (QED) is 0.848. The van der Waals surface area contributed by atoms with Gasteiger partial charge in [0.1, 0.15) is 12.3 Å². The van der Waals surface area contributed by atoms with Crippen molar-refractivity contribution in [3.63, 3.8) is 0 Å². The Balaban J connectivity index is 2.05. The highest BCUT2D eigenvalue weighted by molar-refractivity contribution is 6.31. The number of anilines is 1. The summed E-state index contributed by atoms with van der Waals surface area (Å²) in [6.07, 6.45) is 3.32. The third-order valence-corrected chi connectivity index (χ3v) is 3.07. The maximum atomic E-state index is 10.8. The number of nitrogens with two attached hydrogens (primary N) is 1. The van der Waals surface area contributed by atoms with Gasteiger partial charge in [-0.15, -0.1) is 0 Å². The standard InChI is InChI=1S/C13H15ClN4O2/c1-20-12-4-2-3-11(14)10(12)6-16-9-5-17-18(7-9)8-13(15)19/h2-5,7,16H,6,8H2,1H3,(H2,15,19). The predicted molar refractivity (Wildman–Crippen MR) is 76.8 cm³/mol. The van der Waals surface area contributed by atoms with Crippen molar-refractivity contribution in [3.05, 3.63) is 41.2 Å². The van der Waals surface area contributed by atoms with E-state index >= 15 is 0 Å². The van der Waals surface area contributed by atoms with Crippen LogP contribution < -0.4 is 15.8 Å². The summed E-state index contributed by atoms with van der Waals surface area (Å²) < 4.78 is 6.73. The normalized spacial score (nSPS) is 10.3. The average molecular weight is 295 g/mol. The third-order valence-electron chi connectivity index (χ3n) is 2.72. The summed E-state index contributed by atoms with van der Waals surface area (Å²) in [6, 6.07) is 5.48. The molecule has 0 fully saturated rings. The van der Waals surface area contributed by atoms with Gasteiger partial charge in [0.05, 0.1) is 19.0 Å². The molecule has 1 amide bonds. The molecule has 0 aliphatic rings. The molecule has 1 aromatic heterocycles. The lowest BCUT2D eigenvalue weighted by Crippen LogP contribution is -2.18. The van der Waals surface area contributed by atoms with Crippen LogP contribution in [0.15, 0.2) is 30.6 Å². The number of amides is 1. The smallest absolute Gasteiger partial charge is 0.239 e. The van der Waals surface area contributed by atoms with Crippen LogP contribution in [0.3, 0.4) is 0 Å². The molecule has 0 unspecified atom stereocenters. The Kier molecular flexibility index (Phi) is 4.47. The number of carbonyl (C=O) groups is 1. The Morgan fingerprint density at radius 3 is 3.05 bits per heavy atom. The van der Waals surface area contributed by atoms with Gasteiger partial charge in [-0.1, -0.05) is 17.7 Å². The van der Waals surface area contributed by atoms with Crippen molar-refractivity contribution in [2.45, 2.75) is 13.1 Å². The van der Waals surface area contributed by atoms with Crippen molar-refractivity contribution in [2.75, 3.05) is 12.4 Å². The van der Waals surface area contributed by atoms with E-state index in [4.69, 9.17) is 22.1 Å². The number of nitrogens with zero attached hydrogens (tertiary/aromatic N) is 2. The maximum absolute atomic E-state index is 10.8. The van der Waals surface area contributed by atoms with E-state index in [0.29, 0.717) is 11.6 Å². The van der Waals surface area contributed by atoms with Gasteiger partial charge in [-0.2, -0.15) is 5.10 Å². The molecule has 0 saturated carbocycles. The molecule has 2 rings (SSSR count). The molecule has 20 heavy (non-hydrogen) atoms. The molecule has 0 bridgehead atoms. The van der Waals surface area contributed by atoms with Crippen molar-refractivity contribution < 1.29 is 9.53 Å². The molecule has 3 N–H and O–H groups in total. The summed E-state index contributed by atoms with van der Waals surface area (Å²) in [5, 5.41) is 7.82. The van der Waals surface area contributed by atoms with Crippen molar-refractivity contribution in [1.82, 2.24) is 9.78 Å². The third kappa shape index (κ3) is 3.42. The molecular formula is C13H15ClN4O2. The fourth-order valence-corrected chi connectivity index (χ4v) is 2.03. The average Bonchev–Trinajstić information content (AvgIpc) is 2.83. The highest BCUT2D eigenvalue weighted by atomic mass is 35.5. The number of aromatic nitrogens is 2. The second-order valence-corrected chi connectivity index (χ2v) is 4.57. The first-order valence-corrected chi connectivity index (χ1v) is 6.34. The molecule has 0 atom stereocenters. The second-order valence-electron chi connectivity index (χ2n) is 4.17. The topological polar surface area (TPSA) is 82.2 Å². The molecular weight excluding hydrogens is 280 g/mol. The predicted octanol–water partition coefficient (Wildman–Crippen LogP) is 1.64. The van der Waals surface area contributed by atoms with E-state index in [2.05, 4.69) is 10.4 Å². The zero-order chi connectivity index (χ0) is 14.5. The number of carbonyl (C=O) groups excluding carboxylic acids is 1. The van der Waals surface area contributed by atoms with Crippen LogP contribution in [0, 0.1) is 0 Å². The van der Waals surface area contributed by atoms with Gasteiger partial charge in [0.25, 0.3) is 0 Å². The van der Waals surface area contributed by atoms with Gasteiger partial charge >= 0.3 is 0 Å². The summed E-state index contributed by atoms with van der Waals surface area (Å²) >= 11 is 6.15. The number of benzene rings is 1. The van der Waals surface area contributed by atoms with Crippen LogP contribution in [0.25, 0.3) is 0 Å². The zero-order valence-corrected chi connectivity index (χ0v) is 11.7. The van der Waals surface area contributed by atoms with E-state index in [1.807, 2.05) is 12.1 Å². The number of primary amides is 1. The Hall–Kier alpha value is -2.21. The number of hydrogen-bond donors (Lipinski definition) is 2. The summed E-state index contributed by atoms with van der Waals surface area (Å²) in [5.41, 5.74) is 6.73. The number of methoxy groups -OCH3 is 1. The van der Waals surface area contributed by atoms with Crippen molar-refractivity contribution in [1.29, 1.82) is 0 Å². The van der Waals surface area contributed by atoms with Crippen LogP contribution in [0.1, 0.15) is 5.56 Å². The molecule has 0 saturated heterocycles. The highest BCUT2D eigenvalue weighted by Gasteiger charge is 2.08. The molecule has 0 radical (unpaired) electrons. The van der Waals surface area contributed by atoms with Crippen LogP contribution in [-0.4, -0.2) is 22.8 Å². The minimum atomic E-state index is -0.438. The van der Waals surface area contributed by atoms with E-state index in [9.17, 15) is 4.79 Å². The number of rotatable bonds is 6. The van der Waals surface area contributed by atoms with Crippen LogP contribution in [0.2, 0.25) is 5.02 Å². The maximum Gasteiger partial charge on any atom is 0.239 e. The van der Waals surface area contributed by atoms with E-state index < -0.39 is 5.91 Å². The molecule has 1 heterocycles. The first kappa shape index (κ1) is 14.2. The molecule has 0 aliphatic heterocycles. The minimum absolute atomic E-state index is 0.0527. The first-order valence-electron chi connectivity index (χ1n) is 5.96. The van der Waals surface area contributed by atoms with Crippen molar-refractivity contribution >= 4 is 23.2 Å². The van der Waals surface area contributed by atoms with Gasteiger partial charge in [-0.05, 0) is 12.1 Å². The molecule has 0 aliphatic carbocycles.